The summed E-state index contributed by atoms with van der Waals surface area (Å²) in [6.07, 6.45) is -1.07. The Hall–Kier alpha value is -2.80. The maximum atomic E-state index is 13.9. The number of aliphatic hydroxyl groups excluding tert-OH is 1. The van der Waals surface area contributed by atoms with Crippen molar-refractivity contribution in [2.45, 2.75) is 77.2 Å². The zero-order valence-corrected chi connectivity index (χ0v) is 28.8. The number of hydrogen-bond donors (Lipinski definition) is 1. The van der Waals surface area contributed by atoms with E-state index in [-0.39, 0.29) is 47.4 Å². The molecule has 0 fully saturated rings. The number of benzene rings is 2. The first-order valence-electron chi connectivity index (χ1n) is 14.2. The number of aliphatic hydroxyl groups is 1. The standard InChI is InChI=1S/C31H47O10SSi/c1-11-14-40-30-26(38-7)17-21(18-27(30)42(34,35)19-28(31(2,3)4)41-43(9)10)23(33)13-12-22(32)20-15-24(36-5)29(39-8)25(16-20)37-6/h15-18,23,28,33H,11-14,19H2,1-10H3. The van der Waals surface area contributed by atoms with Crippen LogP contribution in [0.3, 0.4) is 0 Å². The first-order chi connectivity index (χ1) is 20.1. The highest BCUT2D eigenvalue weighted by Crippen LogP contribution is 2.41. The SMILES string of the molecule is CCCOc1c(OC)cc(C(O)CCC(=O)c2cc(OC)c(OC)c(OC)c2)cc1S(=O)(=O)CC(O[Si](C)C)C(C)(C)C. The van der Waals surface area contributed by atoms with Crippen LogP contribution in [0.25, 0.3) is 0 Å². The molecule has 0 aliphatic carbocycles. The molecule has 0 bridgehead atoms. The third kappa shape index (κ3) is 9.59. The van der Waals surface area contributed by atoms with Crippen LogP contribution in [-0.2, 0) is 14.3 Å². The number of rotatable bonds is 17. The normalized spacial score (nSPS) is 13.4. The highest BCUT2D eigenvalue weighted by atomic mass is 32.2. The largest absolute Gasteiger partial charge is 0.493 e. The second kappa shape index (κ2) is 15.8. The molecule has 2 unspecified atom stereocenters. The van der Waals surface area contributed by atoms with Gasteiger partial charge in [-0.1, -0.05) is 27.7 Å². The van der Waals surface area contributed by atoms with Crippen molar-refractivity contribution in [3.8, 4) is 28.7 Å². The van der Waals surface area contributed by atoms with Gasteiger partial charge in [0, 0.05) is 12.0 Å². The number of carbonyl (C=O) groups excluding carboxylic acids is 1. The van der Waals surface area contributed by atoms with Gasteiger partial charge in [0.15, 0.2) is 38.6 Å². The van der Waals surface area contributed by atoms with Crippen LogP contribution in [0.5, 0.6) is 28.7 Å². The molecule has 2 aromatic rings. The van der Waals surface area contributed by atoms with Crippen molar-refractivity contribution in [3.63, 3.8) is 0 Å². The van der Waals surface area contributed by atoms with Gasteiger partial charge in [0.25, 0.3) is 0 Å². The Morgan fingerprint density at radius 1 is 0.907 bits per heavy atom. The lowest BCUT2D eigenvalue weighted by molar-refractivity contribution is 0.0939. The second-order valence-electron chi connectivity index (χ2n) is 11.5. The van der Waals surface area contributed by atoms with E-state index >= 15 is 0 Å². The maximum Gasteiger partial charge on any atom is 0.205 e. The molecule has 0 aliphatic rings. The Morgan fingerprint density at radius 3 is 1.93 bits per heavy atom. The number of carbonyl (C=O) groups is 1. The molecule has 0 amide bonds. The topological polar surface area (TPSA) is 127 Å². The molecule has 12 heteroatoms. The van der Waals surface area contributed by atoms with Gasteiger partial charge in [0.2, 0.25) is 14.8 Å². The lowest BCUT2D eigenvalue weighted by Gasteiger charge is -2.32. The predicted octanol–water partition coefficient (Wildman–Crippen LogP) is 5.66. The van der Waals surface area contributed by atoms with Crippen LogP contribution in [0.2, 0.25) is 13.1 Å². The zero-order chi connectivity index (χ0) is 32.5. The summed E-state index contributed by atoms with van der Waals surface area (Å²) in [5.74, 6) is 0.792. The molecule has 0 spiro atoms. The van der Waals surface area contributed by atoms with Crippen LogP contribution in [-0.4, -0.2) is 75.3 Å². The third-order valence-electron chi connectivity index (χ3n) is 6.78. The van der Waals surface area contributed by atoms with Crippen LogP contribution in [0.4, 0.5) is 0 Å². The minimum atomic E-state index is -3.97. The molecule has 0 saturated heterocycles. The second-order valence-corrected chi connectivity index (χ2v) is 15.5. The van der Waals surface area contributed by atoms with Crippen molar-refractivity contribution >= 4 is 24.7 Å². The van der Waals surface area contributed by atoms with Gasteiger partial charge in [-0.05, 0) is 61.2 Å². The summed E-state index contributed by atoms with van der Waals surface area (Å²) < 4.78 is 61.5. The fraction of sp³-hybridized carbons (Fsp3) is 0.581. The average molecular weight is 640 g/mol. The van der Waals surface area contributed by atoms with Crippen molar-refractivity contribution in [1.82, 2.24) is 0 Å². The quantitative estimate of drug-likeness (QED) is 0.171. The number of sulfone groups is 1. The van der Waals surface area contributed by atoms with Gasteiger partial charge in [-0.3, -0.25) is 4.79 Å². The monoisotopic (exact) mass is 639 g/mol. The molecule has 241 valence electrons. The van der Waals surface area contributed by atoms with Crippen LogP contribution < -0.4 is 23.7 Å². The zero-order valence-electron chi connectivity index (χ0n) is 27.0. The molecule has 2 aromatic carbocycles. The minimum Gasteiger partial charge on any atom is -0.493 e. The Morgan fingerprint density at radius 2 is 1.47 bits per heavy atom. The fourth-order valence-electron chi connectivity index (χ4n) is 4.37. The summed E-state index contributed by atoms with van der Waals surface area (Å²) in [6, 6.07) is 6.07. The van der Waals surface area contributed by atoms with Gasteiger partial charge in [-0.2, -0.15) is 0 Å². The van der Waals surface area contributed by atoms with Gasteiger partial charge >= 0.3 is 0 Å². The van der Waals surface area contributed by atoms with E-state index in [2.05, 4.69) is 0 Å². The molecular formula is C31H47O10SSi. The van der Waals surface area contributed by atoms with Gasteiger partial charge in [-0.15, -0.1) is 0 Å². The number of ether oxygens (including phenoxy) is 5. The molecule has 0 saturated carbocycles. The number of methoxy groups -OCH3 is 4. The van der Waals surface area contributed by atoms with E-state index in [0.29, 0.717) is 34.8 Å². The molecule has 0 heterocycles. The van der Waals surface area contributed by atoms with Crippen molar-refractivity contribution < 1.29 is 46.4 Å². The fourth-order valence-corrected chi connectivity index (χ4v) is 7.40. The molecular weight excluding hydrogens is 592 g/mol. The summed E-state index contributed by atoms with van der Waals surface area (Å²) in [5.41, 5.74) is 0.182. The van der Waals surface area contributed by atoms with Gasteiger partial charge in [-0.25, -0.2) is 8.42 Å². The van der Waals surface area contributed by atoms with Crippen molar-refractivity contribution in [1.29, 1.82) is 0 Å². The van der Waals surface area contributed by atoms with Crippen molar-refractivity contribution in [3.05, 3.63) is 35.4 Å². The van der Waals surface area contributed by atoms with E-state index in [0.717, 1.165) is 0 Å². The smallest absolute Gasteiger partial charge is 0.205 e. The Balaban J connectivity index is 2.47. The predicted molar refractivity (Wildman–Crippen MR) is 167 cm³/mol. The Kier molecular flexibility index (Phi) is 13.4. The van der Waals surface area contributed by atoms with Gasteiger partial charge in [0.1, 0.15) is 4.90 Å². The average Bonchev–Trinajstić information content (AvgIpc) is 2.95. The summed E-state index contributed by atoms with van der Waals surface area (Å²) >= 11 is 0. The Bertz CT molecular complexity index is 1310. The summed E-state index contributed by atoms with van der Waals surface area (Å²) in [6.45, 7) is 11.9. The highest BCUT2D eigenvalue weighted by molar-refractivity contribution is 7.91. The lowest BCUT2D eigenvalue weighted by atomic mass is 9.90. The summed E-state index contributed by atoms with van der Waals surface area (Å²) in [4.78, 5) is 13.0. The van der Waals surface area contributed by atoms with Crippen molar-refractivity contribution in [2.24, 2.45) is 5.41 Å². The van der Waals surface area contributed by atoms with Crippen LogP contribution in [0.15, 0.2) is 29.2 Å². The van der Waals surface area contributed by atoms with E-state index in [1.54, 1.807) is 18.2 Å². The molecule has 0 aromatic heterocycles. The lowest BCUT2D eigenvalue weighted by Crippen LogP contribution is -2.39. The molecule has 43 heavy (non-hydrogen) atoms. The maximum absolute atomic E-state index is 13.9. The van der Waals surface area contributed by atoms with E-state index in [1.807, 2.05) is 40.8 Å². The van der Waals surface area contributed by atoms with Crippen LogP contribution >= 0.6 is 0 Å². The van der Waals surface area contributed by atoms with E-state index in [1.165, 1.54) is 34.5 Å². The van der Waals surface area contributed by atoms with Gasteiger partial charge < -0.3 is 33.2 Å². The summed E-state index contributed by atoms with van der Waals surface area (Å²) in [5, 5.41) is 11.2. The van der Waals surface area contributed by atoms with E-state index in [9.17, 15) is 18.3 Å². The molecule has 1 N–H and O–H groups in total. The van der Waals surface area contributed by atoms with Crippen LogP contribution in [0.1, 0.15) is 69.0 Å². The van der Waals surface area contributed by atoms with Crippen molar-refractivity contribution in [2.75, 3.05) is 40.8 Å². The van der Waals surface area contributed by atoms with E-state index in [4.69, 9.17) is 28.1 Å². The third-order valence-corrected chi connectivity index (χ3v) is 9.25. The number of ketones is 1. The molecule has 0 aliphatic heterocycles. The van der Waals surface area contributed by atoms with E-state index < -0.39 is 36.5 Å². The highest BCUT2D eigenvalue weighted by Gasteiger charge is 2.35. The minimum absolute atomic E-state index is 0.0263. The van der Waals surface area contributed by atoms with Crippen LogP contribution in [0, 0.1) is 5.41 Å². The number of hydrogen-bond acceptors (Lipinski definition) is 10. The molecule has 2 atom stereocenters. The molecule has 1 radical (unpaired) electrons. The summed E-state index contributed by atoms with van der Waals surface area (Å²) in [7, 11) is 0.652. The molecule has 10 nitrogen and oxygen atoms in total. The first-order valence-corrected chi connectivity index (χ1v) is 18.2. The first kappa shape index (κ1) is 36.4. The molecule has 2 rings (SSSR count). The number of Topliss-reactive ketones (excluding diaryl/α,β-unsaturated/α-hetero) is 1. The van der Waals surface area contributed by atoms with Gasteiger partial charge in [0.05, 0.1) is 53.0 Å². The Labute approximate surface area is 258 Å².